The predicted octanol–water partition coefficient (Wildman–Crippen LogP) is 1.73. The van der Waals surface area contributed by atoms with Crippen LogP contribution in [0.1, 0.15) is 12.8 Å². The van der Waals surface area contributed by atoms with Gasteiger partial charge < -0.3 is 15.2 Å². The van der Waals surface area contributed by atoms with Crippen molar-refractivity contribution in [2.75, 3.05) is 11.9 Å². The lowest BCUT2D eigenvalue weighted by Gasteiger charge is -2.27. The summed E-state index contributed by atoms with van der Waals surface area (Å²) in [5.74, 6) is 1.05. The van der Waals surface area contributed by atoms with E-state index in [9.17, 15) is 5.11 Å². The number of nitrogens with one attached hydrogen (secondary N) is 1. The van der Waals surface area contributed by atoms with Crippen LogP contribution in [0.4, 0.5) is 5.69 Å². The Kier molecular flexibility index (Phi) is 1.14. The van der Waals surface area contributed by atoms with Crippen LogP contribution in [0, 0.1) is 0 Å². The Morgan fingerprint density at radius 3 is 3.00 bits per heavy atom. The fourth-order valence-electron chi connectivity index (χ4n) is 1.72. The molecule has 1 aromatic rings. The van der Waals surface area contributed by atoms with Crippen molar-refractivity contribution in [1.29, 1.82) is 0 Å². The van der Waals surface area contributed by atoms with Crippen LogP contribution in [0.15, 0.2) is 18.2 Å². The van der Waals surface area contributed by atoms with Gasteiger partial charge in [0.2, 0.25) is 0 Å². The third-order valence-corrected chi connectivity index (χ3v) is 2.73. The summed E-state index contributed by atoms with van der Waals surface area (Å²) in [6.07, 6.45) is 2.24. The standard InChI is InChI=1S/C10H11NO2/c12-7-2-1-3-8-9(7)11-6-10(13-8)4-5-10/h1-3,11-12H,4-6H2. The highest BCUT2D eigenvalue weighted by atomic mass is 16.5. The van der Waals surface area contributed by atoms with Crippen molar-refractivity contribution in [3.63, 3.8) is 0 Å². The van der Waals surface area contributed by atoms with Crippen LogP contribution in [-0.4, -0.2) is 17.3 Å². The topological polar surface area (TPSA) is 41.5 Å². The molecule has 1 aromatic carbocycles. The number of benzene rings is 1. The summed E-state index contributed by atoms with van der Waals surface area (Å²) < 4.78 is 5.79. The number of hydrogen-bond acceptors (Lipinski definition) is 3. The van der Waals surface area contributed by atoms with E-state index < -0.39 is 0 Å². The second-order valence-electron chi connectivity index (χ2n) is 3.79. The molecule has 3 rings (SSSR count). The normalized spacial score (nSPS) is 21.5. The monoisotopic (exact) mass is 177 g/mol. The van der Waals surface area contributed by atoms with Crippen molar-refractivity contribution in [3.8, 4) is 11.5 Å². The molecule has 13 heavy (non-hydrogen) atoms. The Hall–Kier alpha value is -1.38. The van der Waals surface area contributed by atoms with Crippen LogP contribution >= 0.6 is 0 Å². The van der Waals surface area contributed by atoms with E-state index in [4.69, 9.17) is 4.74 Å². The highest BCUT2D eigenvalue weighted by Gasteiger charge is 2.48. The van der Waals surface area contributed by atoms with E-state index in [-0.39, 0.29) is 11.4 Å². The van der Waals surface area contributed by atoms with E-state index in [0.717, 1.165) is 30.8 Å². The maximum Gasteiger partial charge on any atom is 0.147 e. The maximum absolute atomic E-state index is 9.50. The Balaban J connectivity index is 2.05. The lowest BCUT2D eigenvalue weighted by molar-refractivity contribution is 0.183. The molecule has 1 aliphatic heterocycles. The molecule has 3 heteroatoms. The molecule has 1 heterocycles. The smallest absolute Gasteiger partial charge is 0.147 e. The Morgan fingerprint density at radius 2 is 2.23 bits per heavy atom. The van der Waals surface area contributed by atoms with Gasteiger partial charge >= 0.3 is 0 Å². The molecule has 0 radical (unpaired) electrons. The van der Waals surface area contributed by atoms with Gasteiger partial charge in [0.05, 0.1) is 6.54 Å². The fraction of sp³-hybridized carbons (Fsp3) is 0.400. The third kappa shape index (κ3) is 0.963. The predicted molar refractivity (Wildman–Crippen MR) is 49.2 cm³/mol. The lowest BCUT2D eigenvalue weighted by atomic mass is 10.2. The van der Waals surface area contributed by atoms with Crippen molar-refractivity contribution in [3.05, 3.63) is 18.2 Å². The Morgan fingerprint density at radius 1 is 1.38 bits per heavy atom. The lowest BCUT2D eigenvalue weighted by Crippen LogP contribution is -2.32. The van der Waals surface area contributed by atoms with E-state index in [0.29, 0.717) is 0 Å². The molecular weight excluding hydrogens is 166 g/mol. The van der Waals surface area contributed by atoms with Crippen molar-refractivity contribution < 1.29 is 9.84 Å². The van der Waals surface area contributed by atoms with Gasteiger partial charge in [0.15, 0.2) is 0 Å². The van der Waals surface area contributed by atoms with Crippen molar-refractivity contribution in [1.82, 2.24) is 0 Å². The largest absolute Gasteiger partial charge is 0.506 e. The number of aromatic hydroxyl groups is 1. The summed E-state index contributed by atoms with van der Waals surface area (Å²) >= 11 is 0. The summed E-state index contributed by atoms with van der Waals surface area (Å²) in [7, 11) is 0. The molecule has 2 aliphatic rings. The van der Waals surface area contributed by atoms with Gasteiger partial charge in [-0.05, 0) is 25.0 Å². The Labute approximate surface area is 76.3 Å². The molecule has 0 aromatic heterocycles. The summed E-state index contributed by atoms with van der Waals surface area (Å²) in [6.45, 7) is 0.817. The molecule has 68 valence electrons. The first-order chi connectivity index (χ1) is 6.29. The minimum atomic E-state index is 0.0425. The van der Waals surface area contributed by atoms with Crippen LogP contribution in [0.5, 0.6) is 11.5 Å². The average Bonchev–Trinajstić information content (AvgIpc) is 2.85. The van der Waals surface area contributed by atoms with Crippen molar-refractivity contribution >= 4 is 5.69 Å². The average molecular weight is 177 g/mol. The summed E-state index contributed by atoms with van der Waals surface area (Å²) in [6, 6.07) is 5.36. The molecule has 0 atom stereocenters. The summed E-state index contributed by atoms with van der Waals surface area (Å²) in [5, 5.41) is 12.7. The highest BCUT2D eigenvalue weighted by molar-refractivity contribution is 5.67. The number of phenols is 1. The summed E-state index contributed by atoms with van der Waals surface area (Å²) in [5.41, 5.74) is 0.779. The van der Waals surface area contributed by atoms with Crippen LogP contribution < -0.4 is 10.1 Å². The zero-order chi connectivity index (χ0) is 8.89. The van der Waals surface area contributed by atoms with Gasteiger partial charge in [-0.15, -0.1) is 0 Å². The molecule has 0 bridgehead atoms. The molecule has 2 N–H and O–H groups in total. The van der Waals surface area contributed by atoms with Gasteiger partial charge in [-0.25, -0.2) is 0 Å². The second-order valence-corrected chi connectivity index (χ2v) is 3.79. The SMILES string of the molecule is Oc1cccc2c1NCC1(CC1)O2. The number of para-hydroxylation sites is 1. The van der Waals surface area contributed by atoms with Gasteiger partial charge in [0.1, 0.15) is 22.8 Å². The van der Waals surface area contributed by atoms with Crippen LogP contribution in [0.25, 0.3) is 0 Å². The first-order valence-corrected chi connectivity index (χ1v) is 4.54. The van der Waals surface area contributed by atoms with Crippen molar-refractivity contribution in [2.45, 2.75) is 18.4 Å². The highest BCUT2D eigenvalue weighted by Crippen LogP contribution is 2.48. The number of phenolic OH excluding ortho intramolecular Hbond substituents is 1. The van der Waals surface area contributed by atoms with Gasteiger partial charge in [0, 0.05) is 0 Å². The van der Waals surface area contributed by atoms with E-state index in [1.807, 2.05) is 6.07 Å². The number of hydrogen-bond donors (Lipinski definition) is 2. The van der Waals surface area contributed by atoms with Gasteiger partial charge in [0.25, 0.3) is 0 Å². The quantitative estimate of drug-likeness (QED) is 0.593. The number of ether oxygens (including phenoxy) is 1. The molecule has 1 spiro atoms. The van der Waals surface area contributed by atoms with Gasteiger partial charge in [-0.1, -0.05) is 6.07 Å². The molecule has 3 nitrogen and oxygen atoms in total. The van der Waals surface area contributed by atoms with Crippen LogP contribution in [-0.2, 0) is 0 Å². The van der Waals surface area contributed by atoms with E-state index in [2.05, 4.69) is 5.32 Å². The molecule has 1 fully saturated rings. The zero-order valence-corrected chi connectivity index (χ0v) is 7.21. The van der Waals surface area contributed by atoms with Gasteiger partial charge in [-0.3, -0.25) is 0 Å². The summed E-state index contributed by atoms with van der Waals surface area (Å²) in [4.78, 5) is 0. The van der Waals surface area contributed by atoms with Crippen LogP contribution in [0.2, 0.25) is 0 Å². The molecule has 0 amide bonds. The molecule has 0 saturated heterocycles. The number of rotatable bonds is 0. The number of anilines is 1. The molecular formula is C10H11NO2. The fourth-order valence-corrected chi connectivity index (χ4v) is 1.72. The minimum Gasteiger partial charge on any atom is -0.506 e. The number of fused-ring (bicyclic) bond motifs is 1. The third-order valence-electron chi connectivity index (χ3n) is 2.73. The second kappa shape index (κ2) is 2.10. The zero-order valence-electron chi connectivity index (χ0n) is 7.21. The van der Waals surface area contributed by atoms with E-state index >= 15 is 0 Å². The van der Waals surface area contributed by atoms with Crippen molar-refractivity contribution in [2.24, 2.45) is 0 Å². The van der Waals surface area contributed by atoms with E-state index in [1.54, 1.807) is 12.1 Å². The molecule has 1 saturated carbocycles. The first kappa shape index (κ1) is 7.06. The van der Waals surface area contributed by atoms with Crippen LogP contribution in [0.3, 0.4) is 0 Å². The molecule has 1 aliphatic carbocycles. The van der Waals surface area contributed by atoms with E-state index in [1.165, 1.54) is 0 Å². The van der Waals surface area contributed by atoms with Gasteiger partial charge in [-0.2, -0.15) is 0 Å². The maximum atomic E-state index is 9.50. The molecule has 0 unspecified atom stereocenters. The first-order valence-electron chi connectivity index (χ1n) is 4.54. The minimum absolute atomic E-state index is 0.0425. The Bertz CT molecular complexity index is 358.